The fourth-order valence-corrected chi connectivity index (χ4v) is 2.34. The van der Waals surface area contributed by atoms with Gasteiger partial charge in [0.1, 0.15) is 5.69 Å². The fourth-order valence-electron chi connectivity index (χ4n) is 2.18. The Morgan fingerprint density at radius 3 is 2.48 bits per heavy atom. The van der Waals surface area contributed by atoms with Gasteiger partial charge in [-0.05, 0) is 44.2 Å². The van der Waals surface area contributed by atoms with Crippen LogP contribution >= 0.6 is 11.6 Å². The molecule has 0 aliphatic carbocycles. The van der Waals surface area contributed by atoms with Crippen molar-refractivity contribution in [1.29, 1.82) is 0 Å². The number of amides is 3. The second-order valence-corrected chi connectivity index (χ2v) is 6.51. The van der Waals surface area contributed by atoms with E-state index in [1.54, 1.807) is 6.07 Å². The van der Waals surface area contributed by atoms with Crippen LogP contribution in [0.25, 0.3) is 0 Å². The zero-order valence-corrected chi connectivity index (χ0v) is 16.9. The zero-order chi connectivity index (χ0) is 21.4. The molecule has 9 nitrogen and oxygen atoms in total. The maximum Gasteiger partial charge on any atom is 0.270 e. The Balaban J connectivity index is 1.86. The van der Waals surface area contributed by atoms with E-state index in [1.807, 2.05) is 13.8 Å². The van der Waals surface area contributed by atoms with Crippen molar-refractivity contribution in [2.75, 3.05) is 13.7 Å². The lowest BCUT2D eigenvalue weighted by molar-refractivity contribution is -0.120. The highest BCUT2D eigenvalue weighted by molar-refractivity contribution is 6.30. The van der Waals surface area contributed by atoms with Crippen molar-refractivity contribution in [3.63, 3.8) is 0 Å². The van der Waals surface area contributed by atoms with Crippen LogP contribution in [0.3, 0.4) is 0 Å². The van der Waals surface area contributed by atoms with Crippen molar-refractivity contribution in [1.82, 2.24) is 21.2 Å². The average molecular weight is 421 g/mol. The first-order valence-corrected chi connectivity index (χ1v) is 9.01. The van der Waals surface area contributed by atoms with E-state index in [0.717, 1.165) is 0 Å². The number of pyridine rings is 1. The molecule has 2 aromatic rings. The molecular weight excluding hydrogens is 400 g/mol. The van der Waals surface area contributed by atoms with Crippen LogP contribution in [-0.2, 0) is 4.79 Å². The summed E-state index contributed by atoms with van der Waals surface area (Å²) in [5.74, 6) is -0.866. The summed E-state index contributed by atoms with van der Waals surface area (Å²) >= 11 is 5.79. The van der Waals surface area contributed by atoms with Gasteiger partial charge < -0.3 is 14.8 Å². The number of benzene rings is 1. The number of methoxy groups -OCH3 is 1. The second-order valence-electron chi connectivity index (χ2n) is 6.08. The fraction of sp³-hybridized carbons (Fsp3) is 0.263. The highest BCUT2D eigenvalue weighted by Gasteiger charge is 2.14. The van der Waals surface area contributed by atoms with E-state index in [9.17, 15) is 14.4 Å². The number of carbonyl (C=O) groups is 3. The van der Waals surface area contributed by atoms with Gasteiger partial charge in [-0.25, -0.2) is 0 Å². The monoisotopic (exact) mass is 420 g/mol. The van der Waals surface area contributed by atoms with Gasteiger partial charge >= 0.3 is 0 Å². The molecular formula is C19H21ClN4O5. The smallest absolute Gasteiger partial charge is 0.270 e. The normalized spacial score (nSPS) is 10.2. The molecule has 1 aromatic heterocycles. The third kappa shape index (κ3) is 6.65. The summed E-state index contributed by atoms with van der Waals surface area (Å²) in [6, 6.07) is 7.53. The minimum Gasteiger partial charge on any atom is -0.493 e. The van der Waals surface area contributed by atoms with E-state index < -0.39 is 17.7 Å². The summed E-state index contributed by atoms with van der Waals surface area (Å²) in [5, 5.41) is 2.72. The molecule has 154 valence electrons. The number of hydrogen-bond acceptors (Lipinski definition) is 6. The highest BCUT2D eigenvalue weighted by Crippen LogP contribution is 2.28. The van der Waals surface area contributed by atoms with Crippen LogP contribution in [0.5, 0.6) is 11.5 Å². The number of aromatic nitrogens is 1. The van der Waals surface area contributed by atoms with Crippen LogP contribution in [0.4, 0.5) is 0 Å². The second kappa shape index (κ2) is 10.3. The van der Waals surface area contributed by atoms with Crippen LogP contribution in [0.1, 0.15) is 34.7 Å². The lowest BCUT2D eigenvalue weighted by Gasteiger charge is -2.14. The molecule has 1 heterocycles. The molecule has 0 aliphatic heterocycles. The molecule has 29 heavy (non-hydrogen) atoms. The molecule has 0 spiro atoms. The summed E-state index contributed by atoms with van der Waals surface area (Å²) < 4.78 is 10.8. The predicted octanol–water partition coefficient (Wildman–Crippen LogP) is 1.72. The lowest BCUT2D eigenvalue weighted by atomic mass is 10.2. The maximum absolute atomic E-state index is 12.2. The van der Waals surface area contributed by atoms with E-state index in [0.29, 0.717) is 16.5 Å². The SMILES string of the molecule is COc1cc(C(=O)NNC(=O)CNC(=O)c2cc(Cl)ccn2)ccc1OC(C)C. The molecule has 0 atom stereocenters. The van der Waals surface area contributed by atoms with Crippen molar-refractivity contribution in [3.8, 4) is 11.5 Å². The molecule has 1 aromatic carbocycles. The van der Waals surface area contributed by atoms with Crippen LogP contribution in [0.2, 0.25) is 5.02 Å². The Hall–Kier alpha value is -3.33. The summed E-state index contributed by atoms with van der Waals surface area (Å²) in [5.41, 5.74) is 4.80. The van der Waals surface area contributed by atoms with Crippen molar-refractivity contribution < 1.29 is 23.9 Å². The molecule has 2 rings (SSSR count). The van der Waals surface area contributed by atoms with Gasteiger partial charge in [0.05, 0.1) is 19.8 Å². The van der Waals surface area contributed by atoms with Crippen molar-refractivity contribution >= 4 is 29.3 Å². The molecule has 0 unspecified atom stereocenters. The van der Waals surface area contributed by atoms with Crippen LogP contribution in [0.15, 0.2) is 36.5 Å². The number of ether oxygens (including phenoxy) is 2. The number of nitrogens with one attached hydrogen (secondary N) is 3. The van der Waals surface area contributed by atoms with E-state index in [-0.39, 0.29) is 23.9 Å². The van der Waals surface area contributed by atoms with Crippen molar-refractivity contribution in [2.45, 2.75) is 20.0 Å². The topological polar surface area (TPSA) is 119 Å². The third-order valence-corrected chi connectivity index (χ3v) is 3.70. The number of nitrogens with zero attached hydrogens (tertiary/aromatic N) is 1. The number of halogens is 1. The summed E-state index contributed by atoms with van der Waals surface area (Å²) in [6.45, 7) is 3.38. The van der Waals surface area contributed by atoms with Gasteiger partial charge in [-0.15, -0.1) is 0 Å². The number of hydrogen-bond donors (Lipinski definition) is 3. The molecule has 0 bridgehead atoms. The van der Waals surface area contributed by atoms with Crippen LogP contribution in [0, 0.1) is 0 Å². The third-order valence-electron chi connectivity index (χ3n) is 3.47. The van der Waals surface area contributed by atoms with Gasteiger partial charge in [-0.3, -0.25) is 30.2 Å². The van der Waals surface area contributed by atoms with Gasteiger partial charge in [-0.1, -0.05) is 11.6 Å². The van der Waals surface area contributed by atoms with Crippen LogP contribution in [-0.4, -0.2) is 42.5 Å². The molecule has 0 saturated heterocycles. The molecule has 0 fully saturated rings. The van der Waals surface area contributed by atoms with Gasteiger partial charge in [0, 0.05) is 16.8 Å². The molecule has 0 radical (unpaired) electrons. The molecule has 3 amide bonds. The Bertz CT molecular complexity index is 904. The number of rotatable bonds is 7. The average Bonchev–Trinajstić information content (AvgIpc) is 2.70. The highest BCUT2D eigenvalue weighted by atomic mass is 35.5. The van der Waals surface area contributed by atoms with Gasteiger partial charge in [0.15, 0.2) is 11.5 Å². The van der Waals surface area contributed by atoms with E-state index in [1.165, 1.54) is 37.6 Å². The molecule has 0 saturated carbocycles. The van der Waals surface area contributed by atoms with E-state index in [4.69, 9.17) is 21.1 Å². The Morgan fingerprint density at radius 1 is 1.07 bits per heavy atom. The van der Waals surface area contributed by atoms with Gasteiger partial charge in [0.2, 0.25) is 0 Å². The van der Waals surface area contributed by atoms with E-state index >= 15 is 0 Å². The van der Waals surface area contributed by atoms with E-state index in [2.05, 4.69) is 21.2 Å². The standard InChI is InChI=1S/C19H21ClN4O5/c1-11(2)29-15-5-4-12(8-16(15)28-3)18(26)24-23-17(25)10-22-19(27)14-9-13(20)6-7-21-14/h4-9,11H,10H2,1-3H3,(H,22,27)(H,23,25)(H,24,26). The van der Waals surface area contributed by atoms with Crippen molar-refractivity contribution in [2.24, 2.45) is 0 Å². The maximum atomic E-state index is 12.2. The molecule has 3 N–H and O–H groups in total. The predicted molar refractivity (Wildman–Crippen MR) is 106 cm³/mol. The van der Waals surface area contributed by atoms with Gasteiger partial charge in [0.25, 0.3) is 17.7 Å². The Morgan fingerprint density at radius 2 is 1.83 bits per heavy atom. The van der Waals surface area contributed by atoms with Gasteiger partial charge in [-0.2, -0.15) is 0 Å². The Kier molecular flexibility index (Phi) is 7.79. The summed E-state index contributed by atoms with van der Waals surface area (Å²) in [6.07, 6.45) is 1.32. The van der Waals surface area contributed by atoms with Crippen LogP contribution < -0.4 is 25.6 Å². The lowest BCUT2D eigenvalue weighted by Crippen LogP contribution is -2.46. The first-order chi connectivity index (χ1) is 13.8. The Labute approximate surface area is 172 Å². The summed E-state index contributed by atoms with van der Waals surface area (Å²) in [7, 11) is 1.46. The first kappa shape index (κ1) is 22.0. The minimum absolute atomic E-state index is 0.0554. The first-order valence-electron chi connectivity index (χ1n) is 8.63. The minimum atomic E-state index is -0.625. The molecule has 10 heteroatoms. The summed E-state index contributed by atoms with van der Waals surface area (Å²) in [4.78, 5) is 39.8. The number of carbonyl (C=O) groups excluding carboxylic acids is 3. The molecule has 0 aliphatic rings. The largest absolute Gasteiger partial charge is 0.493 e. The number of hydrazine groups is 1. The quantitative estimate of drug-likeness (QED) is 0.587. The van der Waals surface area contributed by atoms with Crippen molar-refractivity contribution in [3.05, 3.63) is 52.8 Å². The zero-order valence-electron chi connectivity index (χ0n) is 16.1.